The molecule has 1 aromatic rings. The van der Waals surface area contributed by atoms with Gasteiger partial charge in [0, 0.05) is 23.0 Å². The molecule has 1 aromatic carbocycles. The standard InChI is InChI=1S/C13H13ClN2O/c1-8-5-12-10(7-11(8)14)6-9(3-2-4-15)13(17)16-12/h5,7,9H,2-3,6H2,1H3,(H,16,17). The van der Waals surface area contributed by atoms with Crippen molar-refractivity contribution in [2.24, 2.45) is 5.92 Å². The third-order valence-electron chi connectivity index (χ3n) is 3.08. The zero-order chi connectivity index (χ0) is 12.4. The first kappa shape index (κ1) is 11.9. The average Bonchev–Trinajstić information content (AvgIpc) is 2.29. The Morgan fingerprint density at radius 2 is 2.35 bits per heavy atom. The van der Waals surface area contributed by atoms with Gasteiger partial charge in [0.2, 0.25) is 5.91 Å². The van der Waals surface area contributed by atoms with Crippen molar-refractivity contribution in [2.45, 2.75) is 26.2 Å². The van der Waals surface area contributed by atoms with Crippen LogP contribution < -0.4 is 5.32 Å². The molecule has 1 N–H and O–H groups in total. The van der Waals surface area contributed by atoms with Gasteiger partial charge in [-0.25, -0.2) is 0 Å². The fraction of sp³-hybridized carbons (Fsp3) is 0.385. The van der Waals surface area contributed by atoms with E-state index in [4.69, 9.17) is 16.9 Å². The molecule has 0 spiro atoms. The molecule has 1 aliphatic heterocycles. The Morgan fingerprint density at radius 3 is 3.06 bits per heavy atom. The van der Waals surface area contributed by atoms with Gasteiger partial charge in [0.1, 0.15) is 0 Å². The minimum absolute atomic E-state index is 0.00877. The summed E-state index contributed by atoms with van der Waals surface area (Å²) in [5.74, 6) is -0.101. The molecule has 3 nitrogen and oxygen atoms in total. The summed E-state index contributed by atoms with van der Waals surface area (Å²) in [5, 5.41) is 12.2. The highest BCUT2D eigenvalue weighted by atomic mass is 35.5. The Balaban J connectivity index is 2.25. The van der Waals surface area contributed by atoms with E-state index in [2.05, 4.69) is 11.4 Å². The molecule has 0 aromatic heterocycles. The summed E-state index contributed by atoms with van der Waals surface area (Å²) in [4.78, 5) is 11.8. The largest absolute Gasteiger partial charge is 0.326 e. The van der Waals surface area contributed by atoms with Crippen LogP contribution in [0.4, 0.5) is 5.69 Å². The van der Waals surface area contributed by atoms with E-state index in [1.807, 2.05) is 19.1 Å². The number of halogens is 1. The maximum absolute atomic E-state index is 11.8. The van der Waals surface area contributed by atoms with Gasteiger partial charge in [-0.05, 0) is 43.0 Å². The molecule has 4 heteroatoms. The number of rotatable bonds is 2. The summed E-state index contributed by atoms with van der Waals surface area (Å²) < 4.78 is 0. The number of hydrogen-bond acceptors (Lipinski definition) is 2. The molecule has 0 aliphatic carbocycles. The molecule has 2 rings (SSSR count). The number of carbonyl (C=O) groups is 1. The number of fused-ring (bicyclic) bond motifs is 1. The monoisotopic (exact) mass is 248 g/mol. The Bertz CT molecular complexity index is 505. The summed E-state index contributed by atoms with van der Waals surface area (Å²) in [7, 11) is 0. The number of amides is 1. The smallest absolute Gasteiger partial charge is 0.227 e. The lowest BCUT2D eigenvalue weighted by atomic mass is 9.89. The van der Waals surface area contributed by atoms with Crippen molar-refractivity contribution in [3.8, 4) is 6.07 Å². The molecular formula is C13H13ClN2O. The van der Waals surface area contributed by atoms with Crippen LogP contribution >= 0.6 is 11.6 Å². The Morgan fingerprint density at radius 1 is 1.59 bits per heavy atom. The highest BCUT2D eigenvalue weighted by Crippen LogP contribution is 2.31. The molecule has 1 atom stereocenters. The fourth-order valence-corrected chi connectivity index (χ4v) is 2.26. The maximum atomic E-state index is 11.8. The second-order valence-corrected chi connectivity index (χ2v) is 4.75. The predicted octanol–water partition coefficient (Wildman–Crippen LogP) is 3.06. The second kappa shape index (κ2) is 4.77. The molecule has 0 saturated carbocycles. The number of aryl methyl sites for hydroxylation is 1. The van der Waals surface area contributed by atoms with Crippen LogP contribution in [0.15, 0.2) is 12.1 Å². The van der Waals surface area contributed by atoms with Crippen LogP contribution in [0.5, 0.6) is 0 Å². The molecule has 88 valence electrons. The minimum Gasteiger partial charge on any atom is -0.326 e. The first-order chi connectivity index (χ1) is 8.11. The SMILES string of the molecule is Cc1cc2c(cc1Cl)CC(CCC#N)C(=O)N2. The van der Waals surface area contributed by atoms with Gasteiger partial charge in [0.15, 0.2) is 0 Å². The van der Waals surface area contributed by atoms with Crippen molar-refractivity contribution in [3.05, 3.63) is 28.3 Å². The minimum atomic E-state index is -0.110. The van der Waals surface area contributed by atoms with E-state index in [0.29, 0.717) is 19.3 Å². The molecule has 0 saturated heterocycles. The van der Waals surface area contributed by atoms with Crippen molar-refractivity contribution in [1.82, 2.24) is 0 Å². The topological polar surface area (TPSA) is 52.9 Å². The third-order valence-corrected chi connectivity index (χ3v) is 3.49. The second-order valence-electron chi connectivity index (χ2n) is 4.35. The number of nitrogens with zero attached hydrogens (tertiary/aromatic N) is 1. The molecule has 0 fully saturated rings. The lowest BCUT2D eigenvalue weighted by Crippen LogP contribution is -2.29. The van der Waals surface area contributed by atoms with Crippen molar-refractivity contribution < 1.29 is 4.79 Å². The first-order valence-electron chi connectivity index (χ1n) is 5.58. The van der Waals surface area contributed by atoms with Crippen LogP contribution in [-0.4, -0.2) is 5.91 Å². The van der Waals surface area contributed by atoms with Crippen LogP contribution in [0, 0.1) is 24.2 Å². The summed E-state index contributed by atoms with van der Waals surface area (Å²) in [6.45, 7) is 1.91. The molecule has 1 amide bonds. The third kappa shape index (κ3) is 2.42. The lowest BCUT2D eigenvalue weighted by Gasteiger charge is -2.24. The lowest BCUT2D eigenvalue weighted by molar-refractivity contribution is -0.120. The van der Waals surface area contributed by atoms with E-state index in [9.17, 15) is 4.79 Å². The summed E-state index contributed by atoms with van der Waals surface area (Å²) >= 11 is 6.07. The van der Waals surface area contributed by atoms with Crippen LogP contribution in [0.2, 0.25) is 5.02 Å². The number of nitriles is 1. The van der Waals surface area contributed by atoms with Gasteiger partial charge >= 0.3 is 0 Å². The van der Waals surface area contributed by atoms with E-state index in [0.717, 1.165) is 21.8 Å². The van der Waals surface area contributed by atoms with Crippen molar-refractivity contribution in [1.29, 1.82) is 5.26 Å². The van der Waals surface area contributed by atoms with Gasteiger partial charge in [-0.2, -0.15) is 5.26 Å². The number of anilines is 1. The molecule has 1 unspecified atom stereocenters. The van der Waals surface area contributed by atoms with E-state index in [-0.39, 0.29) is 11.8 Å². The zero-order valence-corrected chi connectivity index (χ0v) is 10.3. The molecule has 1 heterocycles. The van der Waals surface area contributed by atoms with Gasteiger partial charge in [0.05, 0.1) is 6.07 Å². The van der Waals surface area contributed by atoms with Crippen LogP contribution in [0.3, 0.4) is 0 Å². The molecule has 0 radical (unpaired) electrons. The fourth-order valence-electron chi connectivity index (χ4n) is 2.07. The average molecular weight is 249 g/mol. The number of hydrogen-bond donors (Lipinski definition) is 1. The van der Waals surface area contributed by atoms with E-state index in [1.54, 1.807) is 0 Å². The van der Waals surface area contributed by atoms with E-state index in [1.165, 1.54) is 0 Å². The molecule has 0 bridgehead atoms. The van der Waals surface area contributed by atoms with E-state index >= 15 is 0 Å². The van der Waals surface area contributed by atoms with Crippen LogP contribution in [0.25, 0.3) is 0 Å². The number of nitrogens with one attached hydrogen (secondary N) is 1. The summed E-state index contributed by atoms with van der Waals surface area (Å²) in [6.07, 6.45) is 1.68. The first-order valence-corrected chi connectivity index (χ1v) is 5.96. The van der Waals surface area contributed by atoms with Gasteiger partial charge in [-0.1, -0.05) is 11.6 Å². The van der Waals surface area contributed by atoms with Gasteiger partial charge < -0.3 is 5.32 Å². The highest BCUT2D eigenvalue weighted by molar-refractivity contribution is 6.31. The Kier molecular flexibility index (Phi) is 3.35. The van der Waals surface area contributed by atoms with Crippen molar-refractivity contribution in [3.63, 3.8) is 0 Å². The van der Waals surface area contributed by atoms with E-state index < -0.39 is 0 Å². The zero-order valence-electron chi connectivity index (χ0n) is 9.59. The Labute approximate surface area is 105 Å². The number of carbonyl (C=O) groups excluding carboxylic acids is 1. The van der Waals surface area contributed by atoms with Crippen molar-refractivity contribution >= 4 is 23.2 Å². The maximum Gasteiger partial charge on any atom is 0.227 e. The van der Waals surface area contributed by atoms with Gasteiger partial charge in [-0.15, -0.1) is 0 Å². The molecular weight excluding hydrogens is 236 g/mol. The predicted molar refractivity (Wildman–Crippen MR) is 66.9 cm³/mol. The molecule has 17 heavy (non-hydrogen) atoms. The van der Waals surface area contributed by atoms with Crippen LogP contribution in [-0.2, 0) is 11.2 Å². The summed E-state index contributed by atoms with van der Waals surface area (Å²) in [5.41, 5.74) is 2.87. The normalized spacial score (nSPS) is 18.2. The highest BCUT2D eigenvalue weighted by Gasteiger charge is 2.26. The number of benzene rings is 1. The Hall–Kier alpha value is -1.53. The van der Waals surface area contributed by atoms with Gasteiger partial charge in [-0.3, -0.25) is 4.79 Å². The summed E-state index contributed by atoms with van der Waals surface area (Å²) in [6, 6.07) is 5.88. The van der Waals surface area contributed by atoms with Crippen molar-refractivity contribution in [2.75, 3.05) is 5.32 Å². The quantitative estimate of drug-likeness (QED) is 0.875. The van der Waals surface area contributed by atoms with Gasteiger partial charge in [0.25, 0.3) is 0 Å². The van der Waals surface area contributed by atoms with Crippen LogP contribution in [0.1, 0.15) is 24.0 Å². The molecule has 1 aliphatic rings.